The number of oxime groups is 1. The number of carbonyl (C=O) groups excluding carboxylic acids is 1. The zero-order chi connectivity index (χ0) is 17.4. The van der Waals surface area contributed by atoms with E-state index in [0.717, 1.165) is 11.1 Å². The fraction of sp³-hybridized carbons (Fsp3) is 0.412. The topological polar surface area (TPSA) is 66.3 Å². The highest BCUT2D eigenvalue weighted by Crippen LogP contribution is 2.23. The van der Waals surface area contributed by atoms with Gasteiger partial charge >= 0.3 is 5.97 Å². The SMILES string of the molecule is CO/C=C(\Oc1cc(/C(C)=N/OC(C)C)ccc1C)C(=O)OC. The molecule has 0 aromatic heterocycles. The molecular weight excluding hydrogens is 298 g/mol. The van der Waals surface area contributed by atoms with E-state index in [-0.39, 0.29) is 11.9 Å². The molecule has 0 N–H and O–H groups in total. The highest BCUT2D eigenvalue weighted by molar-refractivity contribution is 5.98. The van der Waals surface area contributed by atoms with Crippen LogP contribution in [-0.4, -0.2) is 32.0 Å². The van der Waals surface area contributed by atoms with Crippen LogP contribution in [-0.2, 0) is 19.1 Å². The lowest BCUT2D eigenvalue weighted by Gasteiger charge is -2.12. The van der Waals surface area contributed by atoms with E-state index in [0.29, 0.717) is 11.5 Å². The van der Waals surface area contributed by atoms with Gasteiger partial charge in [-0.15, -0.1) is 0 Å². The molecule has 1 rings (SSSR count). The predicted molar refractivity (Wildman–Crippen MR) is 87.3 cm³/mol. The number of aryl methyl sites for hydroxylation is 1. The third-order valence-electron chi connectivity index (χ3n) is 2.84. The van der Waals surface area contributed by atoms with Crippen molar-refractivity contribution in [2.24, 2.45) is 5.16 Å². The maximum Gasteiger partial charge on any atom is 0.377 e. The van der Waals surface area contributed by atoms with Gasteiger partial charge in [0.25, 0.3) is 0 Å². The Morgan fingerprint density at radius 1 is 1.26 bits per heavy atom. The summed E-state index contributed by atoms with van der Waals surface area (Å²) in [5.41, 5.74) is 2.39. The van der Waals surface area contributed by atoms with Crippen LogP contribution in [0.3, 0.4) is 0 Å². The molecule has 0 aliphatic rings. The van der Waals surface area contributed by atoms with Crippen molar-refractivity contribution in [3.63, 3.8) is 0 Å². The van der Waals surface area contributed by atoms with Crippen molar-refractivity contribution in [3.8, 4) is 5.75 Å². The van der Waals surface area contributed by atoms with Crippen LogP contribution in [0, 0.1) is 6.92 Å². The molecule has 0 bridgehead atoms. The maximum absolute atomic E-state index is 11.7. The fourth-order valence-electron chi connectivity index (χ4n) is 1.61. The van der Waals surface area contributed by atoms with Crippen molar-refractivity contribution in [2.45, 2.75) is 33.8 Å². The van der Waals surface area contributed by atoms with Crippen molar-refractivity contribution < 1.29 is 23.8 Å². The maximum atomic E-state index is 11.7. The third-order valence-corrected chi connectivity index (χ3v) is 2.84. The quantitative estimate of drug-likeness (QED) is 0.254. The van der Waals surface area contributed by atoms with E-state index in [2.05, 4.69) is 9.89 Å². The molecule has 1 aromatic carbocycles. The van der Waals surface area contributed by atoms with Crippen LogP contribution >= 0.6 is 0 Å². The molecular formula is C17H23NO5. The lowest BCUT2D eigenvalue weighted by atomic mass is 10.1. The van der Waals surface area contributed by atoms with E-state index in [1.165, 1.54) is 20.5 Å². The van der Waals surface area contributed by atoms with Crippen molar-refractivity contribution in [2.75, 3.05) is 14.2 Å². The number of benzene rings is 1. The van der Waals surface area contributed by atoms with Crippen molar-refractivity contribution in [1.29, 1.82) is 0 Å². The van der Waals surface area contributed by atoms with Gasteiger partial charge in [0, 0.05) is 5.56 Å². The second-order valence-electron chi connectivity index (χ2n) is 5.12. The summed E-state index contributed by atoms with van der Waals surface area (Å²) in [6.07, 6.45) is 1.20. The zero-order valence-corrected chi connectivity index (χ0v) is 14.4. The summed E-state index contributed by atoms with van der Waals surface area (Å²) in [5.74, 6) is -0.149. The van der Waals surface area contributed by atoms with Gasteiger partial charge in [-0.1, -0.05) is 17.3 Å². The lowest BCUT2D eigenvalue weighted by molar-refractivity contribution is -0.138. The van der Waals surface area contributed by atoms with E-state index in [1.807, 2.05) is 39.8 Å². The predicted octanol–water partition coefficient (Wildman–Crippen LogP) is 3.18. The molecule has 6 nitrogen and oxygen atoms in total. The number of rotatable bonds is 7. The van der Waals surface area contributed by atoms with Crippen LogP contribution in [0.1, 0.15) is 31.9 Å². The van der Waals surface area contributed by atoms with Crippen molar-refractivity contribution in [3.05, 3.63) is 41.3 Å². The van der Waals surface area contributed by atoms with Crippen LogP contribution in [0.25, 0.3) is 0 Å². The first-order valence-electron chi connectivity index (χ1n) is 7.19. The van der Waals surface area contributed by atoms with Crippen LogP contribution in [0.5, 0.6) is 5.75 Å². The van der Waals surface area contributed by atoms with Gasteiger partial charge in [0.1, 0.15) is 18.1 Å². The third kappa shape index (κ3) is 5.65. The van der Waals surface area contributed by atoms with E-state index >= 15 is 0 Å². The Morgan fingerprint density at radius 3 is 2.52 bits per heavy atom. The smallest absolute Gasteiger partial charge is 0.377 e. The second kappa shape index (κ2) is 8.82. The van der Waals surface area contributed by atoms with E-state index in [4.69, 9.17) is 14.3 Å². The fourth-order valence-corrected chi connectivity index (χ4v) is 1.61. The second-order valence-corrected chi connectivity index (χ2v) is 5.12. The summed E-state index contributed by atoms with van der Waals surface area (Å²) in [7, 11) is 2.70. The van der Waals surface area contributed by atoms with E-state index in [1.54, 1.807) is 6.07 Å². The summed E-state index contributed by atoms with van der Waals surface area (Å²) in [6, 6.07) is 5.56. The molecule has 0 radical (unpaired) electrons. The molecule has 0 amide bonds. The Labute approximate surface area is 136 Å². The van der Waals surface area contributed by atoms with E-state index in [9.17, 15) is 4.79 Å². The molecule has 23 heavy (non-hydrogen) atoms. The Balaban J connectivity index is 3.08. The van der Waals surface area contributed by atoms with E-state index < -0.39 is 5.97 Å². The normalized spacial score (nSPS) is 12.1. The number of hydrogen-bond donors (Lipinski definition) is 0. The molecule has 0 aliphatic heterocycles. The van der Waals surface area contributed by atoms with Gasteiger partial charge in [-0.25, -0.2) is 4.79 Å². The summed E-state index contributed by atoms with van der Waals surface area (Å²) in [4.78, 5) is 16.9. The van der Waals surface area contributed by atoms with Crippen molar-refractivity contribution >= 4 is 11.7 Å². The summed E-state index contributed by atoms with van der Waals surface area (Å²) in [5, 5.41) is 4.06. The van der Waals surface area contributed by atoms with Crippen molar-refractivity contribution in [1.82, 2.24) is 0 Å². The number of carbonyl (C=O) groups is 1. The zero-order valence-electron chi connectivity index (χ0n) is 14.4. The Bertz CT molecular complexity index is 605. The average molecular weight is 321 g/mol. The first kappa shape index (κ1) is 18.5. The number of ether oxygens (including phenoxy) is 3. The molecule has 0 saturated heterocycles. The lowest BCUT2D eigenvalue weighted by Crippen LogP contribution is -2.12. The van der Waals surface area contributed by atoms with Gasteiger partial charge in [-0.3, -0.25) is 0 Å². The van der Waals surface area contributed by atoms with Crippen LogP contribution < -0.4 is 4.74 Å². The average Bonchev–Trinajstić information content (AvgIpc) is 2.53. The summed E-state index contributed by atoms with van der Waals surface area (Å²) >= 11 is 0. The molecule has 0 saturated carbocycles. The van der Waals surface area contributed by atoms with Gasteiger partial charge < -0.3 is 19.0 Å². The minimum Gasteiger partial charge on any atom is -0.500 e. The summed E-state index contributed by atoms with van der Waals surface area (Å²) in [6.45, 7) is 7.51. The minimum atomic E-state index is -0.620. The first-order valence-corrected chi connectivity index (χ1v) is 7.19. The number of nitrogens with zero attached hydrogens (tertiary/aromatic N) is 1. The van der Waals surface area contributed by atoms with Crippen LogP contribution in [0.4, 0.5) is 0 Å². The number of hydrogen-bond acceptors (Lipinski definition) is 6. The largest absolute Gasteiger partial charge is 0.500 e. The number of methoxy groups -OCH3 is 2. The van der Waals surface area contributed by atoms with Crippen LogP contribution in [0.15, 0.2) is 35.4 Å². The van der Waals surface area contributed by atoms with Crippen LogP contribution in [0.2, 0.25) is 0 Å². The van der Waals surface area contributed by atoms with Gasteiger partial charge in [-0.05, 0) is 39.3 Å². The standard InChI is InChI=1S/C17H23NO5/c1-11(2)23-18-13(4)14-8-7-12(3)15(9-14)22-16(10-20-5)17(19)21-6/h7-11H,1-6H3/b16-10-,18-13+. The molecule has 0 atom stereocenters. The molecule has 0 unspecified atom stereocenters. The summed E-state index contributed by atoms with van der Waals surface area (Å²) < 4.78 is 15.1. The minimum absolute atomic E-state index is 0.00156. The molecule has 1 aromatic rings. The van der Waals surface area contributed by atoms with Gasteiger partial charge in [0.15, 0.2) is 0 Å². The number of esters is 1. The van der Waals surface area contributed by atoms with Gasteiger partial charge in [0.05, 0.1) is 19.9 Å². The molecule has 0 spiro atoms. The first-order chi connectivity index (χ1) is 10.9. The Hall–Kier alpha value is -2.50. The van der Waals surface area contributed by atoms with Gasteiger partial charge in [-0.2, -0.15) is 0 Å². The highest BCUT2D eigenvalue weighted by atomic mass is 16.6. The Kier molecular flexibility index (Phi) is 7.12. The highest BCUT2D eigenvalue weighted by Gasteiger charge is 2.15. The molecule has 0 fully saturated rings. The molecule has 0 aliphatic carbocycles. The molecule has 126 valence electrons. The molecule has 0 heterocycles. The Morgan fingerprint density at radius 2 is 1.96 bits per heavy atom. The monoisotopic (exact) mass is 321 g/mol. The molecule has 6 heteroatoms. The van der Waals surface area contributed by atoms with Gasteiger partial charge in [0.2, 0.25) is 5.76 Å².